The molecular weight excluding hydrogens is 244 g/mol. The average Bonchev–Trinajstić information content (AvgIpc) is 2.34. The lowest BCUT2D eigenvalue weighted by Crippen LogP contribution is -2.27. The van der Waals surface area contributed by atoms with Gasteiger partial charge in [0.25, 0.3) is 0 Å². The molecular formula is C9H14N4O3S. The first-order valence-electron chi connectivity index (χ1n) is 4.88. The van der Waals surface area contributed by atoms with Gasteiger partial charge in [-0.3, -0.25) is 0 Å². The van der Waals surface area contributed by atoms with E-state index in [1.165, 1.54) is 11.8 Å². The summed E-state index contributed by atoms with van der Waals surface area (Å²) in [7, 11) is 0. The van der Waals surface area contributed by atoms with Crippen molar-refractivity contribution in [2.75, 3.05) is 24.7 Å². The number of carbonyl (C=O) groups is 1. The molecule has 1 aromatic rings. The van der Waals surface area contributed by atoms with E-state index in [1.54, 1.807) is 6.20 Å². The Morgan fingerprint density at radius 1 is 1.53 bits per heavy atom. The topological polar surface area (TPSA) is 107 Å². The molecule has 0 saturated heterocycles. The normalized spacial score (nSPS) is 10.0. The van der Waals surface area contributed by atoms with Gasteiger partial charge in [0.1, 0.15) is 5.82 Å². The number of hydrogen-bond acceptors (Lipinski definition) is 6. The number of nitrogens with zero attached hydrogens (tertiary/aromatic N) is 2. The van der Waals surface area contributed by atoms with Crippen molar-refractivity contribution in [3.05, 3.63) is 11.8 Å². The molecule has 7 nitrogen and oxygen atoms in total. The predicted octanol–water partition coefficient (Wildman–Crippen LogP) is 0.370. The van der Waals surface area contributed by atoms with Gasteiger partial charge in [-0.15, -0.1) is 0 Å². The maximum absolute atomic E-state index is 10.2. The summed E-state index contributed by atoms with van der Waals surface area (Å²) >= 11 is 1.39. The number of nitrogens with one attached hydrogen (secondary N) is 2. The summed E-state index contributed by atoms with van der Waals surface area (Å²) in [4.78, 5) is 18.4. The molecule has 1 rings (SSSR count). The molecule has 0 saturated carbocycles. The molecule has 0 aliphatic rings. The molecule has 94 valence electrons. The Hall–Kier alpha value is -1.54. The van der Waals surface area contributed by atoms with E-state index in [2.05, 4.69) is 20.6 Å². The second-order valence-electron chi connectivity index (χ2n) is 3.05. The van der Waals surface area contributed by atoms with Crippen LogP contribution in [0.15, 0.2) is 11.4 Å². The van der Waals surface area contributed by atoms with E-state index in [-0.39, 0.29) is 13.2 Å². The third kappa shape index (κ3) is 4.45. The standard InChI is InChI=1S/C9H14N4O3S/c1-17-8-12-4-6(5-14)7(13-8)10-2-3-11-9(15)16/h4,11,14H,2-3,5H2,1H3,(H,15,16)(H,10,12,13). The minimum Gasteiger partial charge on any atom is -0.465 e. The van der Waals surface area contributed by atoms with E-state index in [9.17, 15) is 4.79 Å². The summed E-state index contributed by atoms with van der Waals surface area (Å²) < 4.78 is 0. The monoisotopic (exact) mass is 258 g/mol. The Bertz CT molecular complexity index is 389. The molecule has 1 amide bonds. The Morgan fingerprint density at radius 2 is 2.29 bits per heavy atom. The minimum absolute atomic E-state index is 0.163. The van der Waals surface area contributed by atoms with E-state index in [4.69, 9.17) is 10.2 Å². The van der Waals surface area contributed by atoms with Gasteiger partial charge < -0.3 is 20.8 Å². The molecule has 0 radical (unpaired) electrons. The van der Waals surface area contributed by atoms with Gasteiger partial charge in [0.2, 0.25) is 0 Å². The van der Waals surface area contributed by atoms with Gasteiger partial charge in [-0.25, -0.2) is 14.8 Å². The molecule has 0 aromatic carbocycles. The van der Waals surface area contributed by atoms with Crippen molar-refractivity contribution >= 4 is 23.7 Å². The van der Waals surface area contributed by atoms with Crippen LogP contribution in [-0.4, -0.2) is 45.6 Å². The molecule has 8 heteroatoms. The van der Waals surface area contributed by atoms with E-state index in [1.807, 2.05) is 6.26 Å². The highest BCUT2D eigenvalue weighted by Gasteiger charge is 2.05. The first-order valence-corrected chi connectivity index (χ1v) is 6.11. The number of amides is 1. The summed E-state index contributed by atoms with van der Waals surface area (Å²) in [6, 6.07) is 0. The average molecular weight is 258 g/mol. The van der Waals surface area contributed by atoms with Crippen molar-refractivity contribution in [3.63, 3.8) is 0 Å². The molecule has 0 aliphatic carbocycles. The minimum atomic E-state index is -1.07. The van der Waals surface area contributed by atoms with Gasteiger partial charge in [-0.05, 0) is 6.26 Å². The van der Waals surface area contributed by atoms with E-state index in [0.717, 1.165) is 0 Å². The first kappa shape index (κ1) is 13.5. The zero-order valence-corrected chi connectivity index (χ0v) is 10.1. The highest BCUT2D eigenvalue weighted by atomic mass is 32.2. The lowest BCUT2D eigenvalue weighted by molar-refractivity contribution is 0.195. The molecule has 17 heavy (non-hydrogen) atoms. The quantitative estimate of drug-likeness (QED) is 0.332. The first-order chi connectivity index (χ1) is 8.17. The number of thioether (sulfide) groups is 1. The molecule has 0 fully saturated rings. The number of rotatable bonds is 6. The van der Waals surface area contributed by atoms with Crippen LogP contribution in [0.3, 0.4) is 0 Å². The highest BCUT2D eigenvalue weighted by molar-refractivity contribution is 7.98. The molecule has 4 N–H and O–H groups in total. The van der Waals surface area contributed by atoms with E-state index >= 15 is 0 Å². The number of aliphatic hydroxyl groups excluding tert-OH is 1. The molecule has 0 aliphatic heterocycles. The highest BCUT2D eigenvalue weighted by Crippen LogP contribution is 2.15. The van der Waals surface area contributed by atoms with Crippen molar-refractivity contribution < 1.29 is 15.0 Å². The summed E-state index contributed by atoms with van der Waals surface area (Å²) in [5.74, 6) is 0.527. The molecule has 1 heterocycles. The van der Waals surface area contributed by atoms with Crippen LogP contribution in [0.5, 0.6) is 0 Å². The van der Waals surface area contributed by atoms with Crippen molar-refractivity contribution in [2.45, 2.75) is 11.8 Å². The van der Waals surface area contributed by atoms with Crippen molar-refractivity contribution in [2.24, 2.45) is 0 Å². The Balaban J connectivity index is 2.58. The fourth-order valence-electron chi connectivity index (χ4n) is 1.11. The molecule has 0 atom stereocenters. The zero-order valence-electron chi connectivity index (χ0n) is 9.30. The van der Waals surface area contributed by atoms with Crippen LogP contribution < -0.4 is 10.6 Å². The summed E-state index contributed by atoms with van der Waals surface area (Å²) in [5, 5.41) is 23.2. The number of aliphatic hydroxyl groups is 1. The van der Waals surface area contributed by atoms with Crippen LogP contribution in [0.4, 0.5) is 10.6 Å². The summed E-state index contributed by atoms with van der Waals surface area (Å²) in [5.41, 5.74) is 0.582. The third-order valence-corrected chi connectivity index (χ3v) is 2.45. The Morgan fingerprint density at radius 3 is 2.88 bits per heavy atom. The molecule has 0 spiro atoms. The Labute approximate surface area is 103 Å². The lowest BCUT2D eigenvalue weighted by Gasteiger charge is -2.09. The number of aromatic nitrogens is 2. The zero-order chi connectivity index (χ0) is 12.7. The van der Waals surface area contributed by atoms with Crippen molar-refractivity contribution in [1.82, 2.24) is 15.3 Å². The van der Waals surface area contributed by atoms with Gasteiger partial charge in [0.15, 0.2) is 5.16 Å². The van der Waals surface area contributed by atoms with E-state index in [0.29, 0.717) is 23.1 Å². The van der Waals surface area contributed by atoms with Gasteiger partial charge in [-0.1, -0.05) is 11.8 Å². The lowest BCUT2D eigenvalue weighted by atomic mass is 10.3. The number of hydrogen-bond donors (Lipinski definition) is 4. The van der Waals surface area contributed by atoms with Crippen LogP contribution in [0.1, 0.15) is 5.56 Å². The summed E-state index contributed by atoms with van der Waals surface area (Å²) in [6.45, 7) is 0.492. The number of carboxylic acid groups (broad SMARTS) is 1. The number of anilines is 1. The SMILES string of the molecule is CSc1ncc(CO)c(NCCNC(=O)O)n1. The second-order valence-corrected chi connectivity index (χ2v) is 3.82. The van der Waals surface area contributed by atoms with Gasteiger partial charge >= 0.3 is 6.09 Å². The van der Waals surface area contributed by atoms with E-state index < -0.39 is 6.09 Å². The fourth-order valence-corrected chi connectivity index (χ4v) is 1.45. The molecule has 0 bridgehead atoms. The maximum atomic E-state index is 10.2. The largest absolute Gasteiger partial charge is 0.465 e. The molecule has 1 aromatic heterocycles. The fraction of sp³-hybridized carbons (Fsp3) is 0.444. The van der Waals surface area contributed by atoms with Crippen LogP contribution in [-0.2, 0) is 6.61 Å². The Kier molecular flexibility index (Phi) is 5.50. The smallest absolute Gasteiger partial charge is 0.404 e. The maximum Gasteiger partial charge on any atom is 0.404 e. The summed E-state index contributed by atoms with van der Waals surface area (Å²) in [6.07, 6.45) is 2.33. The van der Waals surface area contributed by atoms with Gasteiger partial charge in [0.05, 0.1) is 6.61 Å². The second kappa shape index (κ2) is 6.92. The molecule has 0 unspecified atom stereocenters. The van der Waals surface area contributed by atoms with Crippen LogP contribution in [0.2, 0.25) is 0 Å². The van der Waals surface area contributed by atoms with Crippen molar-refractivity contribution in [1.29, 1.82) is 0 Å². The third-order valence-electron chi connectivity index (χ3n) is 1.89. The van der Waals surface area contributed by atoms with Crippen LogP contribution in [0.25, 0.3) is 0 Å². The van der Waals surface area contributed by atoms with Gasteiger partial charge in [0, 0.05) is 24.8 Å². The van der Waals surface area contributed by atoms with Crippen LogP contribution in [0, 0.1) is 0 Å². The van der Waals surface area contributed by atoms with Crippen molar-refractivity contribution in [3.8, 4) is 0 Å². The van der Waals surface area contributed by atoms with Crippen LogP contribution >= 0.6 is 11.8 Å². The predicted molar refractivity (Wildman–Crippen MR) is 64.3 cm³/mol. The van der Waals surface area contributed by atoms with Gasteiger partial charge in [-0.2, -0.15) is 0 Å².